The van der Waals surface area contributed by atoms with E-state index < -0.39 is 0 Å². The molecule has 0 amide bonds. The molecule has 12 rings (SSSR count). The van der Waals surface area contributed by atoms with E-state index in [1.165, 1.54) is 54.3 Å². The third-order valence-electron chi connectivity index (χ3n) is 11.1. The van der Waals surface area contributed by atoms with E-state index in [0.717, 1.165) is 38.8 Å². The zero-order valence-electron chi connectivity index (χ0n) is 29.0. The number of nitrogens with zero attached hydrogens (tertiary/aromatic N) is 5. The van der Waals surface area contributed by atoms with Gasteiger partial charge in [0, 0.05) is 43.6 Å². The lowest BCUT2D eigenvalue weighted by molar-refractivity contribution is 1.06. The molecule has 0 aliphatic rings. The molecule has 54 heavy (non-hydrogen) atoms. The molecule has 5 nitrogen and oxygen atoms in total. The standard InChI is InChI=1S/C49H29N5/c1-2-14-31(15-3-1)47-50-48(33-28-27-30-13-4-5-16-32(30)29-33)52-49(51-47)38-18-7-9-23-40(38)53-41-24-11-19-35-37-21-10-20-36-34-17-6-8-22-39(34)54(46(36)37)43-26-12-25-42(53)45(43)44(35)41/h1-29H. The van der Waals surface area contributed by atoms with Gasteiger partial charge in [-0.15, -0.1) is 0 Å². The summed E-state index contributed by atoms with van der Waals surface area (Å²) in [6, 6.07) is 62.5. The number of para-hydroxylation sites is 3. The van der Waals surface area contributed by atoms with Crippen molar-refractivity contribution in [3.8, 4) is 39.9 Å². The number of rotatable bonds is 4. The molecule has 0 spiro atoms. The van der Waals surface area contributed by atoms with Crippen molar-refractivity contribution in [3.05, 3.63) is 176 Å². The van der Waals surface area contributed by atoms with Crippen LogP contribution in [0.1, 0.15) is 0 Å². The fraction of sp³-hybridized carbons (Fsp3) is 0. The predicted molar refractivity (Wildman–Crippen MR) is 223 cm³/mol. The SMILES string of the molecule is c1ccc(-c2nc(-c3ccc4ccccc4c3)nc(-c3ccccc3-n3c4cccc5c6cccc7c8ccccc8n(c8cccc3c8c54)c67)n2)cc1. The molecule has 250 valence electrons. The van der Waals surface area contributed by atoms with E-state index in [0.29, 0.717) is 17.5 Å². The number of hydrogen-bond donors (Lipinski definition) is 0. The highest BCUT2D eigenvalue weighted by Crippen LogP contribution is 2.45. The van der Waals surface area contributed by atoms with E-state index >= 15 is 0 Å². The summed E-state index contributed by atoms with van der Waals surface area (Å²) in [6.07, 6.45) is 0. The summed E-state index contributed by atoms with van der Waals surface area (Å²) >= 11 is 0. The Morgan fingerprint density at radius 3 is 1.83 bits per heavy atom. The maximum absolute atomic E-state index is 5.24. The van der Waals surface area contributed by atoms with Crippen LogP contribution in [0.4, 0.5) is 0 Å². The van der Waals surface area contributed by atoms with Crippen LogP contribution in [0.15, 0.2) is 176 Å². The Kier molecular flexibility index (Phi) is 5.99. The summed E-state index contributed by atoms with van der Waals surface area (Å²) in [6.45, 7) is 0. The molecule has 0 saturated carbocycles. The normalized spacial score (nSPS) is 12.1. The minimum atomic E-state index is 0.625. The van der Waals surface area contributed by atoms with E-state index in [2.05, 4.69) is 167 Å². The number of aromatic nitrogens is 5. The van der Waals surface area contributed by atoms with Gasteiger partial charge < -0.3 is 8.97 Å². The second kappa shape index (κ2) is 11.1. The van der Waals surface area contributed by atoms with Crippen LogP contribution in [0.3, 0.4) is 0 Å². The zero-order valence-corrected chi connectivity index (χ0v) is 29.0. The van der Waals surface area contributed by atoms with Crippen LogP contribution < -0.4 is 0 Å². The Morgan fingerprint density at radius 1 is 0.352 bits per heavy atom. The van der Waals surface area contributed by atoms with Gasteiger partial charge in [0.2, 0.25) is 0 Å². The molecule has 0 aliphatic heterocycles. The highest BCUT2D eigenvalue weighted by Gasteiger charge is 2.24. The molecule has 4 aromatic heterocycles. The quantitative estimate of drug-likeness (QED) is 0.185. The second-order valence-electron chi connectivity index (χ2n) is 14.0. The van der Waals surface area contributed by atoms with Crippen molar-refractivity contribution < 1.29 is 0 Å². The highest BCUT2D eigenvalue weighted by atomic mass is 15.1. The van der Waals surface area contributed by atoms with Crippen molar-refractivity contribution in [2.24, 2.45) is 0 Å². The summed E-state index contributed by atoms with van der Waals surface area (Å²) in [4.78, 5) is 15.5. The van der Waals surface area contributed by atoms with Gasteiger partial charge in [-0.1, -0.05) is 133 Å². The minimum Gasteiger partial charge on any atom is -0.308 e. The Morgan fingerprint density at radius 2 is 0.944 bits per heavy atom. The zero-order chi connectivity index (χ0) is 35.3. The van der Waals surface area contributed by atoms with Crippen molar-refractivity contribution in [3.63, 3.8) is 0 Å². The summed E-state index contributed by atoms with van der Waals surface area (Å²) in [7, 11) is 0. The first-order chi connectivity index (χ1) is 26.8. The van der Waals surface area contributed by atoms with Crippen LogP contribution in [0, 0.1) is 0 Å². The summed E-state index contributed by atoms with van der Waals surface area (Å²) < 4.78 is 4.89. The topological polar surface area (TPSA) is 48.0 Å². The van der Waals surface area contributed by atoms with Crippen LogP contribution in [0.25, 0.3) is 111 Å². The van der Waals surface area contributed by atoms with Gasteiger partial charge in [0.1, 0.15) is 0 Å². The summed E-state index contributed by atoms with van der Waals surface area (Å²) in [5, 5.41) is 9.81. The van der Waals surface area contributed by atoms with E-state index in [-0.39, 0.29) is 0 Å². The van der Waals surface area contributed by atoms with Crippen molar-refractivity contribution in [2.45, 2.75) is 0 Å². The van der Waals surface area contributed by atoms with Crippen molar-refractivity contribution in [1.82, 2.24) is 23.9 Å². The molecule has 5 heteroatoms. The Labute approximate surface area is 309 Å². The molecule has 8 aromatic carbocycles. The molecule has 0 atom stereocenters. The Bertz CT molecular complexity index is 3450. The maximum Gasteiger partial charge on any atom is 0.166 e. The first-order valence-corrected chi connectivity index (χ1v) is 18.3. The number of fused-ring (bicyclic) bond motifs is 6. The molecule has 0 fully saturated rings. The molecule has 4 heterocycles. The molecule has 0 saturated heterocycles. The van der Waals surface area contributed by atoms with Crippen molar-refractivity contribution in [1.29, 1.82) is 0 Å². The Balaban J connectivity index is 1.18. The monoisotopic (exact) mass is 687 g/mol. The smallest absolute Gasteiger partial charge is 0.166 e. The molecule has 0 N–H and O–H groups in total. The largest absolute Gasteiger partial charge is 0.308 e. The van der Waals surface area contributed by atoms with E-state index in [1.807, 2.05) is 18.2 Å². The van der Waals surface area contributed by atoms with E-state index in [9.17, 15) is 0 Å². The Hall–Kier alpha value is -7.37. The second-order valence-corrected chi connectivity index (χ2v) is 14.0. The molecule has 0 bridgehead atoms. The van der Waals surface area contributed by atoms with E-state index in [4.69, 9.17) is 15.0 Å². The van der Waals surface area contributed by atoms with Crippen LogP contribution in [-0.2, 0) is 0 Å². The predicted octanol–water partition coefficient (Wildman–Crippen LogP) is 12.3. The molecule has 0 aliphatic carbocycles. The molecular formula is C49H29N5. The van der Waals surface area contributed by atoms with Gasteiger partial charge in [0.25, 0.3) is 0 Å². The maximum atomic E-state index is 5.24. The third kappa shape index (κ3) is 4.06. The lowest BCUT2D eigenvalue weighted by Gasteiger charge is -2.15. The summed E-state index contributed by atoms with van der Waals surface area (Å²) in [5.41, 5.74) is 9.75. The van der Waals surface area contributed by atoms with Crippen LogP contribution in [-0.4, -0.2) is 23.9 Å². The van der Waals surface area contributed by atoms with Gasteiger partial charge in [-0.05, 0) is 58.6 Å². The lowest BCUT2D eigenvalue weighted by Crippen LogP contribution is -2.03. The van der Waals surface area contributed by atoms with E-state index in [1.54, 1.807) is 0 Å². The van der Waals surface area contributed by atoms with Gasteiger partial charge in [-0.25, -0.2) is 15.0 Å². The van der Waals surface area contributed by atoms with Gasteiger partial charge in [0.05, 0.1) is 33.3 Å². The van der Waals surface area contributed by atoms with Gasteiger partial charge >= 0.3 is 0 Å². The van der Waals surface area contributed by atoms with Crippen LogP contribution >= 0.6 is 0 Å². The molecular weight excluding hydrogens is 659 g/mol. The molecule has 12 aromatic rings. The third-order valence-corrected chi connectivity index (χ3v) is 11.1. The average Bonchev–Trinajstić information content (AvgIpc) is 3.72. The number of hydrogen-bond acceptors (Lipinski definition) is 3. The fourth-order valence-corrected chi connectivity index (χ4v) is 8.77. The summed E-state index contributed by atoms with van der Waals surface area (Å²) in [5.74, 6) is 1.90. The van der Waals surface area contributed by atoms with Crippen molar-refractivity contribution >= 4 is 70.7 Å². The highest BCUT2D eigenvalue weighted by molar-refractivity contribution is 6.31. The van der Waals surface area contributed by atoms with Crippen LogP contribution in [0.5, 0.6) is 0 Å². The average molecular weight is 688 g/mol. The van der Waals surface area contributed by atoms with Crippen molar-refractivity contribution in [2.75, 3.05) is 0 Å². The lowest BCUT2D eigenvalue weighted by atomic mass is 10.0. The first kappa shape index (κ1) is 29.2. The molecule has 0 radical (unpaired) electrons. The minimum absolute atomic E-state index is 0.625. The first-order valence-electron chi connectivity index (χ1n) is 18.3. The van der Waals surface area contributed by atoms with Gasteiger partial charge in [0.15, 0.2) is 17.5 Å². The number of benzene rings is 8. The fourth-order valence-electron chi connectivity index (χ4n) is 8.77. The van der Waals surface area contributed by atoms with Gasteiger partial charge in [-0.3, -0.25) is 0 Å². The van der Waals surface area contributed by atoms with Crippen LogP contribution in [0.2, 0.25) is 0 Å². The van der Waals surface area contributed by atoms with Gasteiger partial charge in [-0.2, -0.15) is 0 Å². The molecule has 0 unspecified atom stereocenters.